The Hall–Kier alpha value is -3.07. The topological polar surface area (TPSA) is 20.3 Å². The molecule has 1 amide bonds. The van der Waals surface area contributed by atoms with E-state index in [1.165, 1.54) is 47.8 Å². The van der Waals surface area contributed by atoms with Crippen LogP contribution in [-0.4, -0.2) is 17.4 Å². The van der Waals surface area contributed by atoms with Gasteiger partial charge in [0, 0.05) is 17.5 Å². The first kappa shape index (κ1) is 23.1. The molecule has 1 aliphatic rings. The van der Waals surface area contributed by atoms with E-state index >= 15 is 0 Å². The number of halogens is 6. The number of benzene rings is 2. The number of hydrogen-bond acceptors (Lipinski definition) is 2. The molecule has 9 heteroatoms. The summed E-state index contributed by atoms with van der Waals surface area (Å²) in [6.07, 6.45) is -5.59. The summed E-state index contributed by atoms with van der Waals surface area (Å²) in [5, 5.41) is 1.88. The summed E-state index contributed by atoms with van der Waals surface area (Å²) in [6.45, 7) is 0.370. The summed E-state index contributed by atoms with van der Waals surface area (Å²) in [5.74, 6) is -0.378. The smallest absolute Gasteiger partial charge is 0.328 e. The molecule has 2 aromatic carbocycles. The highest BCUT2D eigenvalue weighted by Gasteiger charge is 2.34. The average Bonchev–Trinajstić information content (AvgIpc) is 3.25. The van der Waals surface area contributed by atoms with E-state index in [-0.39, 0.29) is 5.91 Å². The molecular weight excluding hydrogens is 464 g/mol. The molecule has 2 nitrogen and oxygen atoms in total. The monoisotopic (exact) mass is 481 g/mol. The zero-order chi connectivity index (χ0) is 23.8. The quantitative estimate of drug-likeness (QED) is 0.292. The first-order valence-corrected chi connectivity index (χ1v) is 10.8. The lowest BCUT2D eigenvalue weighted by Crippen LogP contribution is -2.39. The Labute approximate surface area is 189 Å². The number of carbonyl (C=O) groups is 1. The van der Waals surface area contributed by atoms with Gasteiger partial charge in [-0.25, -0.2) is 0 Å². The van der Waals surface area contributed by atoms with Gasteiger partial charge in [0.1, 0.15) is 0 Å². The maximum absolute atomic E-state index is 13.0. The first-order chi connectivity index (χ1) is 15.5. The van der Waals surface area contributed by atoms with E-state index in [1.54, 1.807) is 4.90 Å². The predicted molar refractivity (Wildman–Crippen MR) is 114 cm³/mol. The van der Waals surface area contributed by atoms with Crippen molar-refractivity contribution in [1.82, 2.24) is 4.90 Å². The van der Waals surface area contributed by atoms with Gasteiger partial charge in [-0.05, 0) is 64.9 Å². The summed E-state index contributed by atoms with van der Waals surface area (Å²) in [5.41, 5.74) is 0.290. The van der Waals surface area contributed by atoms with Gasteiger partial charge >= 0.3 is 12.4 Å². The molecule has 1 aliphatic heterocycles. The van der Waals surface area contributed by atoms with Gasteiger partial charge in [-0.3, -0.25) is 4.79 Å². The van der Waals surface area contributed by atoms with Gasteiger partial charge in [-0.2, -0.15) is 26.3 Å². The van der Waals surface area contributed by atoms with Gasteiger partial charge in [-0.15, -0.1) is 11.3 Å². The normalized spacial score (nSPS) is 16.8. The first-order valence-electron chi connectivity index (χ1n) is 9.93. The van der Waals surface area contributed by atoms with Gasteiger partial charge in [0.2, 0.25) is 5.91 Å². The Balaban J connectivity index is 1.60. The number of hydrogen-bond donors (Lipinski definition) is 0. The standard InChI is InChI=1S/C24H17F6NOS/c25-23(26,27)17-6-1-15(2-7-17)3-10-21(32)31-13-11-20-19(12-14-33-20)22(31)16-4-8-18(9-5-16)24(28,29)30/h1-10,12,14,22H,11,13H2/b10-3+. The molecule has 0 aliphatic carbocycles. The van der Waals surface area contributed by atoms with Crippen LogP contribution in [0.25, 0.3) is 6.08 Å². The molecule has 33 heavy (non-hydrogen) atoms. The van der Waals surface area contributed by atoms with Crippen LogP contribution in [0.15, 0.2) is 66.1 Å². The van der Waals surface area contributed by atoms with E-state index in [4.69, 9.17) is 0 Å². The van der Waals surface area contributed by atoms with Gasteiger partial charge in [0.05, 0.1) is 17.2 Å². The van der Waals surface area contributed by atoms with Crippen molar-refractivity contribution >= 4 is 23.3 Å². The van der Waals surface area contributed by atoms with Crippen molar-refractivity contribution in [3.8, 4) is 0 Å². The van der Waals surface area contributed by atoms with Crippen molar-refractivity contribution in [1.29, 1.82) is 0 Å². The van der Waals surface area contributed by atoms with E-state index in [1.807, 2.05) is 11.4 Å². The van der Waals surface area contributed by atoms with E-state index in [2.05, 4.69) is 0 Å². The van der Waals surface area contributed by atoms with Crippen molar-refractivity contribution < 1.29 is 31.1 Å². The molecule has 0 radical (unpaired) electrons. The van der Waals surface area contributed by atoms with E-state index in [0.29, 0.717) is 24.1 Å². The van der Waals surface area contributed by atoms with Crippen LogP contribution < -0.4 is 0 Å². The van der Waals surface area contributed by atoms with Gasteiger partial charge in [0.25, 0.3) is 0 Å². The summed E-state index contributed by atoms with van der Waals surface area (Å²) in [4.78, 5) is 15.7. The minimum atomic E-state index is -4.46. The van der Waals surface area contributed by atoms with Crippen LogP contribution in [0.1, 0.15) is 38.7 Å². The fraction of sp³-hybridized carbons (Fsp3) is 0.208. The second-order valence-electron chi connectivity index (χ2n) is 7.56. The van der Waals surface area contributed by atoms with Gasteiger partial charge in [-0.1, -0.05) is 24.3 Å². The van der Waals surface area contributed by atoms with Crippen molar-refractivity contribution in [3.63, 3.8) is 0 Å². The molecule has 4 rings (SSSR count). The van der Waals surface area contributed by atoms with Crippen molar-refractivity contribution in [3.05, 3.63) is 98.7 Å². The van der Waals surface area contributed by atoms with Crippen LogP contribution in [0.5, 0.6) is 0 Å². The highest BCUT2D eigenvalue weighted by molar-refractivity contribution is 7.10. The number of thiophene rings is 1. The minimum Gasteiger partial charge on any atom is -0.328 e. The maximum atomic E-state index is 13.0. The molecule has 1 atom stereocenters. The van der Waals surface area contributed by atoms with Crippen LogP contribution in [0.2, 0.25) is 0 Å². The Kier molecular flexibility index (Phi) is 6.09. The lowest BCUT2D eigenvalue weighted by molar-refractivity contribution is -0.138. The highest BCUT2D eigenvalue weighted by Crippen LogP contribution is 2.39. The van der Waals surface area contributed by atoms with Gasteiger partial charge < -0.3 is 4.90 Å². The number of carbonyl (C=O) groups excluding carboxylic acids is 1. The fourth-order valence-electron chi connectivity index (χ4n) is 3.81. The maximum Gasteiger partial charge on any atom is 0.416 e. The third-order valence-corrected chi connectivity index (χ3v) is 6.46. The highest BCUT2D eigenvalue weighted by atomic mass is 32.1. The molecule has 172 valence electrons. The van der Waals surface area contributed by atoms with Crippen LogP contribution in [0, 0.1) is 0 Å². The summed E-state index contributed by atoms with van der Waals surface area (Å²) in [7, 11) is 0. The van der Waals surface area contributed by atoms with E-state index in [9.17, 15) is 31.1 Å². The van der Waals surface area contributed by atoms with Crippen molar-refractivity contribution in [2.24, 2.45) is 0 Å². The summed E-state index contributed by atoms with van der Waals surface area (Å²) < 4.78 is 77.1. The second kappa shape index (κ2) is 8.70. The number of fused-ring (bicyclic) bond motifs is 1. The van der Waals surface area contributed by atoms with Crippen molar-refractivity contribution in [2.45, 2.75) is 24.8 Å². The van der Waals surface area contributed by atoms with E-state index in [0.717, 1.165) is 34.7 Å². The van der Waals surface area contributed by atoms with Crippen LogP contribution in [-0.2, 0) is 23.6 Å². The Morgan fingerprint density at radius 3 is 2.03 bits per heavy atom. The molecule has 0 saturated carbocycles. The SMILES string of the molecule is O=C(/C=C/c1ccc(C(F)(F)F)cc1)N1CCc2sccc2C1c1ccc(C(F)(F)F)cc1. The summed E-state index contributed by atoms with van der Waals surface area (Å²) >= 11 is 1.53. The third kappa shape index (κ3) is 4.98. The van der Waals surface area contributed by atoms with Crippen LogP contribution in [0.3, 0.4) is 0 Å². The fourth-order valence-corrected chi connectivity index (χ4v) is 4.72. The third-order valence-electron chi connectivity index (χ3n) is 5.46. The molecule has 0 spiro atoms. The molecule has 0 bridgehead atoms. The Bertz CT molecular complexity index is 1160. The number of nitrogens with zero attached hydrogens (tertiary/aromatic N) is 1. The summed E-state index contributed by atoms with van der Waals surface area (Å²) in [6, 6.07) is 10.5. The average molecular weight is 481 g/mol. The lowest BCUT2D eigenvalue weighted by Gasteiger charge is -2.35. The number of rotatable bonds is 3. The molecule has 0 saturated heterocycles. The second-order valence-corrected chi connectivity index (χ2v) is 8.56. The number of alkyl halides is 6. The zero-order valence-electron chi connectivity index (χ0n) is 17.0. The zero-order valence-corrected chi connectivity index (χ0v) is 17.8. The number of amides is 1. The largest absolute Gasteiger partial charge is 0.416 e. The van der Waals surface area contributed by atoms with Crippen LogP contribution in [0.4, 0.5) is 26.3 Å². The molecule has 1 aromatic heterocycles. The lowest BCUT2D eigenvalue weighted by atomic mass is 9.92. The molecule has 1 unspecified atom stereocenters. The van der Waals surface area contributed by atoms with Gasteiger partial charge in [0.15, 0.2) is 0 Å². The molecule has 0 fully saturated rings. The van der Waals surface area contributed by atoms with Crippen LogP contribution >= 0.6 is 11.3 Å². The minimum absolute atomic E-state index is 0.370. The molecule has 3 aromatic rings. The van der Waals surface area contributed by atoms with Crippen molar-refractivity contribution in [2.75, 3.05) is 6.54 Å². The molecule has 0 N–H and O–H groups in total. The Morgan fingerprint density at radius 2 is 1.45 bits per heavy atom. The Morgan fingerprint density at radius 1 is 0.879 bits per heavy atom. The molecule has 2 heterocycles. The predicted octanol–water partition coefficient (Wildman–Crippen LogP) is 6.97. The molecular formula is C24H17F6NOS. The van der Waals surface area contributed by atoms with E-state index < -0.39 is 29.5 Å².